The molecule has 0 aliphatic heterocycles. The summed E-state index contributed by atoms with van der Waals surface area (Å²) in [6.45, 7) is 4.10. The molecule has 1 N–H and O–H groups in total. The molecule has 1 aromatic rings. The zero-order chi connectivity index (χ0) is 13.5. The fourth-order valence-electron chi connectivity index (χ4n) is 1.78. The van der Waals surface area contributed by atoms with Gasteiger partial charge in [0.2, 0.25) is 5.75 Å². The first kappa shape index (κ1) is 14.6. The van der Waals surface area contributed by atoms with Crippen LogP contribution in [0.1, 0.15) is 25.3 Å². The van der Waals surface area contributed by atoms with Gasteiger partial charge in [-0.05, 0) is 31.0 Å². The van der Waals surface area contributed by atoms with E-state index in [1.54, 1.807) is 14.2 Å². The number of hydrogen-bond donors (Lipinski definition) is 1. The van der Waals surface area contributed by atoms with Gasteiger partial charge in [-0.25, -0.2) is 0 Å². The molecule has 1 aromatic carbocycles. The maximum Gasteiger partial charge on any atom is 0.203 e. The number of hydrogen-bond acceptors (Lipinski definition) is 4. The lowest BCUT2D eigenvalue weighted by molar-refractivity contribution is 0.141. The lowest BCUT2D eigenvalue weighted by Gasteiger charge is -2.21. The van der Waals surface area contributed by atoms with Crippen LogP contribution in [-0.2, 0) is 0 Å². The Morgan fingerprint density at radius 2 is 1.72 bits per heavy atom. The van der Waals surface area contributed by atoms with Crippen LogP contribution in [0.15, 0.2) is 12.1 Å². The van der Waals surface area contributed by atoms with Gasteiger partial charge in [0.25, 0.3) is 0 Å². The van der Waals surface area contributed by atoms with Crippen molar-refractivity contribution in [3.05, 3.63) is 17.7 Å². The lowest BCUT2D eigenvalue weighted by atomic mass is 10.2. The summed E-state index contributed by atoms with van der Waals surface area (Å²) in [4.78, 5) is 0. The number of aliphatic hydroxyl groups excluding tert-OH is 1. The topological polar surface area (TPSA) is 47.9 Å². The standard InChI is InChI=1S/C14H22O4/c1-5-11(6-7-15)18-14-12(16-3)8-10(2)9-13(14)17-4/h8-9,11,15H,5-7H2,1-4H3. The third kappa shape index (κ3) is 3.53. The van der Waals surface area contributed by atoms with E-state index < -0.39 is 0 Å². The Hall–Kier alpha value is -1.42. The molecule has 1 rings (SSSR count). The van der Waals surface area contributed by atoms with Crippen molar-refractivity contribution in [2.45, 2.75) is 32.8 Å². The first-order chi connectivity index (χ1) is 8.65. The van der Waals surface area contributed by atoms with Gasteiger partial charge in [-0.2, -0.15) is 0 Å². The Kier molecular flexibility index (Phi) is 5.78. The summed E-state index contributed by atoms with van der Waals surface area (Å²) in [5, 5.41) is 9.00. The highest BCUT2D eigenvalue weighted by atomic mass is 16.5. The van der Waals surface area contributed by atoms with Crippen LogP contribution in [0.2, 0.25) is 0 Å². The molecule has 102 valence electrons. The normalized spacial score (nSPS) is 12.1. The fraction of sp³-hybridized carbons (Fsp3) is 0.571. The summed E-state index contributed by atoms with van der Waals surface area (Å²) in [5.74, 6) is 1.91. The Labute approximate surface area is 108 Å². The number of rotatable bonds is 7. The summed E-state index contributed by atoms with van der Waals surface area (Å²) >= 11 is 0. The largest absolute Gasteiger partial charge is 0.493 e. The van der Waals surface area contributed by atoms with Crippen molar-refractivity contribution < 1.29 is 19.3 Å². The third-order valence-corrected chi connectivity index (χ3v) is 2.80. The van der Waals surface area contributed by atoms with Gasteiger partial charge in [-0.1, -0.05) is 6.92 Å². The smallest absolute Gasteiger partial charge is 0.203 e. The Morgan fingerprint density at radius 3 is 2.11 bits per heavy atom. The number of aryl methyl sites for hydroxylation is 1. The molecular formula is C14H22O4. The van der Waals surface area contributed by atoms with Crippen molar-refractivity contribution in [3.63, 3.8) is 0 Å². The van der Waals surface area contributed by atoms with E-state index in [0.717, 1.165) is 12.0 Å². The second-order valence-electron chi connectivity index (χ2n) is 4.16. The highest BCUT2D eigenvalue weighted by Gasteiger charge is 2.17. The molecule has 0 bridgehead atoms. The van der Waals surface area contributed by atoms with E-state index in [1.165, 1.54) is 0 Å². The average molecular weight is 254 g/mol. The Morgan fingerprint density at radius 1 is 1.17 bits per heavy atom. The van der Waals surface area contributed by atoms with Gasteiger partial charge < -0.3 is 19.3 Å². The van der Waals surface area contributed by atoms with Crippen molar-refractivity contribution in [2.75, 3.05) is 20.8 Å². The van der Waals surface area contributed by atoms with Crippen molar-refractivity contribution in [1.82, 2.24) is 0 Å². The van der Waals surface area contributed by atoms with Crippen LogP contribution in [0.5, 0.6) is 17.2 Å². The molecule has 0 heterocycles. The maximum atomic E-state index is 9.00. The van der Waals surface area contributed by atoms with Crippen LogP contribution in [0.3, 0.4) is 0 Å². The molecule has 4 nitrogen and oxygen atoms in total. The minimum atomic E-state index is -0.0412. The molecule has 1 atom stereocenters. The second kappa shape index (κ2) is 7.11. The van der Waals surface area contributed by atoms with Crippen LogP contribution in [0.25, 0.3) is 0 Å². The second-order valence-corrected chi connectivity index (χ2v) is 4.16. The molecule has 0 radical (unpaired) electrons. The molecule has 0 spiro atoms. The first-order valence-electron chi connectivity index (χ1n) is 6.16. The van der Waals surface area contributed by atoms with Gasteiger partial charge in [0.15, 0.2) is 11.5 Å². The lowest BCUT2D eigenvalue weighted by Crippen LogP contribution is -2.17. The molecule has 1 unspecified atom stereocenters. The molecule has 0 saturated heterocycles. The summed E-state index contributed by atoms with van der Waals surface area (Å²) in [5.41, 5.74) is 1.05. The van der Waals surface area contributed by atoms with E-state index in [9.17, 15) is 0 Å². The van der Waals surface area contributed by atoms with Gasteiger partial charge in [0, 0.05) is 13.0 Å². The van der Waals surface area contributed by atoms with Gasteiger partial charge >= 0.3 is 0 Å². The molecule has 0 amide bonds. The third-order valence-electron chi connectivity index (χ3n) is 2.80. The molecule has 0 aromatic heterocycles. The van der Waals surface area contributed by atoms with Gasteiger partial charge in [0.1, 0.15) is 6.10 Å². The summed E-state index contributed by atoms with van der Waals surface area (Å²) in [6, 6.07) is 3.81. The van der Waals surface area contributed by atoms with Crippen molar-refractivity contribution in [2.24, 2.45) is 0 Å². The molecule has 0 saturated carbocycles. The van der Waals surface area contributed by atoms with E-state index in [1.807, 2.05) is 26.0 Å². The SMILES string of the molecule is CCC(CCO)Oc1c(OC)cc(C)cc1OC. The molecule has 4 heteroatoms. The van der Waals surface area contributed by atoms with Crippen molar-refractivity contribution in [3.8, 4) is 17.2 Å². The highest BCUT2D eigenvalue weighted by molar-refractivity contribution is 5.53. The van der Waals surface area contributed by atoms with Crippen LogP contribution >= 0.6 is 0 Å². The maximum absolute atomic E-state index is 9.00. The number of benzene rings is 1. The minimum Gasteiger partial charge on any atom is -0.493 e. The predicted octanol–water partition coefficient (Wildman–Crippen LogP) is 2.55. The van der Waals surface area contributed by atoms with E-state index >= 15 is 0 Å². The summed E-state index contributed by atoms with van der Waals surface area (Å²) in [7, 11) is 3.21. The minimum absolute atomic E-state index is 0.0412. The van der Waals surface area contributed by atoms with Crippen molar-refractivity contribution >= 4 is 0 Å². The van der Waals surface area contributed by atoms with E-state index in [4.69, 9.17) is 19.3 Å². The van der Waals surface area contributed by atoms with Crippen LogP contribution in [0, 0.1) is 6.92 Å². The molecule has 0 aliphatic carbocycles. The Balaban J connectivity index is 3.04. The van der Waals surface area contributed by atoms with Gasteiger partial charge in [0.05, 0.1) is 14.2 Å². The van der Waals surface area contributed by atoms with Crippen LogP contribution in [0.4, 0.5) is 0 Å². The molecular weight excluding hydrogens is 232 g/mol. The van der Waals surface area contributed by atoms with E-state index in [0.29, 0.717) is 23.7 Å². The molecule has 18 heavy (non-hydrogen) atoms. The Bertz CT molecular complexity index is 351. The molecule has 0 aliphatic rings. The molecule has 0 fully saturated rings. The number of aliphatic hydroxyl groups is 1. The van der Waals surface area contributed by atoms with Crippen molar-refractivity contribution in [1.29, 1.82) is 0 Å². The highest BCUT2D eigenvalue weighted by Crippen LogP contribution is 2.39. The number of ether oxygens (including phenoxy) is 3. The van der Waals surface area contributed by atoms with E-state index in [2.05, 4.69) is 0 Å². The summed E-state index contributed by atoms with van der Waals surface area (Å²) in [6.07, 6.45) is 1.37. The van der Waals surface area contributed by atoms with Crippen LogP contribution in [-0.4, -0.2) is 32.0 Å². The van der Waals surface area contributed by atoms with Gasteiger partial charge in [-0.15, -0.1) is 0 Å². The van der Waals surface area contributed by atoms with Crippen LogP contribution < -0.4 is 14.2 Å². The quantitative estimate of drug-likeness (QED) is 0.812. The summed E-state index contributed by atoms with van der Waals surface area (Å²) < 4.78 is 16.5. The average Bonchev–Trinajstić information content (AvgIpc) is 2.38. The first-order valence-corrected chi connectivity index (χ1v) is 6.16. The van der Waals surface area contributed by atoms with Gasteiger partial charge in [-0.3, -0.25) is 0 Å². The monoisotopic (exact) mass is 254 g/mol. The van der Waals surface area contributed by atoms with E-state index in [-0.39, 0.29) is 12.7 Å². The fourth-order valence-corrected chi connectivity index (χ4v) is 1.78. The number of methoxy groups -OCH3 is 2. The zero-order valence-corrected chi connectivity index (χ0v) is 11.5. The zero-order valence-electron chi connectivity index (χ0n) is 11.5. The predicted molar refractivity (Wildman–Crippen MR) is 70.7 cm³/mol.